The summed E-state index contributed by atoms with van der Waals surface area (Å²) in [5, 5.41) is 9.13. The molecule has 1 aromatic heterocycles. The quantitative estimate of drug-likeness (QED) is 0.865. The van der Waals surface area contributed by atoms with E-state index in [9.17, 15) is 18.0 Å². The number of alkyl halides is 3. The third kappa shape index (κ3) is 3.90. The van der Waals surface area contributed by atoms with Crippen LogP contribution in [0.5, 0.6) is 0 Å². The van der Waals surface area contributed by atoms with Crippen molar-refractivity contribution in [1.82, 2.24) is 20.1 Å². The summed E-state index contributed by atoms with van der Waals surface area (Å²) in [6.07, 6.45) is -0.415. The van der Waals surface area contributed by atoms with Crippen LogP contribution in [0.25, 0.3) is 0 Å². The van der Waals surface area contributed by atoms with Crippen molar-refractivity contribution in [3.05, 3.63) is 5.82 Å². The molecule has 1 aliphatic rings. The Kier molecular flexibility index (Phi) is 4.80. The number of nitrogens with one attached hydrogen (secondary N) is 1. The minimum absolute atomic E-state index is 0.0800. The number of halogens is 3. The second-order valence-electron chi connectivity index (χ2n) is 5.11. The number of thioether (sulfide) groups is 1. The first kappa shape index (κ1) is 16.1. The Labute approximate surface area is 124 Å². The molecule has 2 rings (SSSR count). The first-order chi connectivity index (χ1) is 9.79. The molecule has 5 nitrogen and oxygen atoms in total. The van der Waals surface area contributed by atoms with Crippen LogP contribution in [0.15, 0.2) is 5.16 Å². The van der Waals surface area contributed by atoms with Gasteiger partial charge in [-0.15, -0.1) is 10.2 Å². The predicted octanol–water partition coefficient (Wildman–Crippen LogP) is 2.37. The average molecular weight is 322 g/mol. The lowest BCUT2D eigenvalue weighted by molar-refractivity contribution is -0.147. The van der Waals surface area contributed by atoms with Crippen molar-refractivity contribution in [1.29, 1.82) is 0 Å². The van der Waals surface area contributed by atoms with Crippen LogP contribution < -0.4 is 5.32 Å². The zero-order chi connectivity index (χ0) is 15.6. The minimum Gasteiger partial charge on any atom is -0.352 e. The topological polar surface area (TPSA) is 59.8 Å². The maximum absolute atomic E-state index is 12.6. The molecule has 1 atom stereocenters. The van der Waals surface area contributed by atoms with Crippen LogP contribution in [0.4, 0.5) is 13.2 Å². The number of nitrogens with zero attached hydrogens (tertiary/aromatic N) is 3. The van der Waals surface area contributed by atoms with Crippen LogP contribution in [0, 0.1) is 0 Å². The Balaban J connectivity index is 1.97. The standard InChI is InChI=1S/C12H17F3N4OS/c1-7(9(20)16-8-5-3-4-6-8)21-11-18-17-10(19(11)2)12(13,14)15/h7-8H,3-6H2,1-2H3,(H,16,20). The highest BCUT2D eigenvalue weighted by atomic mass is 32.2. The zero-order valence-electron chi connectivity index (χ0n) is 11.8. The largest absolute Gasteiger partial charge is 0.451 e. The van der Waals surface area contributed by atoms with Gasteiger partial charge in [-0.05, 0) is 19.8 Å². The third-order valence-electron chi connectivity index (χ3n) is 3.44. The van der Waals surface area contributed by atoms with Gasteiger partial charge in [-0.1, -0.05) is 24.6 Å². The Morgan fingerprint density at radius 3 is 2.52 bits per heavy atom. The second-order valence-corrected chi connectivity index (χ2v) is 6.42. The van der Waals surface area contributed by atoms with Crippen LogP contribution in [-0.2, 0) is 18.0 Å². The van der Waals surface area contributed by atoms with Crippen LogP contribution in [0.3, 0.4) is 0 Å². The van der Waals surface area contributed by atoms with Crippen molar-refractivity contribution in [2.24, 2.45) is 7.05 Å². The molecule has 0 spiro atoms. The van der Waals surface area contributed by atoms with Gasteiger partial charge >= 0.3 is 6.18 Å². The summed E-state index contributed by atoms with van der Waals surface area (Å²) in [5.41, 5.74) is 0. The first-order valence-corrected chi connectivity index (χ1v) is 7.60. The number of amides is 1. The van der Waals surface area contributed by atoms with Crippen LogP contribution >= 0.6 is 11.8 Å². The van der Waals surface area contributed by atoms with Gasteiger partial charge in [0, 0.05) is 13.1 Å². The molecule has 1 heterocycles. The van der Waals surface area contributed by atoms with Gasteiger partial charge in [-0.2, -0.15) is 13.2 Å². The number of carbonyl (C=O) groups is 1. The lowest BCUT2D eigenvalue weighted by Crippen LogP contribution is -2.37. The van der Waals surface area contributed by atoms with Crippen molar-refractivity contribution in [3.63, 3.8) is 0 Å². The summed E-state index contributed by atoms with van der Waals surface area (Å²) < 4.78 is 38.7. The molecule has 0 aliphatic heterocycles. The van der Waals surface area contributed by atoms with Gasteiger partial charge in [0.2, 0.25) is 11.7 Å². The summed E-state index contributed by atoms with van der Waals surface area (Å²) in [6, 6.07) is 0.186. The number of rotatable bonds is 4. The Morgan fingerprint density at radius 2 is 2.00 bits per heavy atom. The monoisotopic (exact) mass is 322 g/mol. The van der Waals surface area contributed by atoms with Crippen LogP contribution in [0.2, 0.25) is 0 Å². The highest BCUT2D eigenvalue weighted by molar-refractivity contribution is 8.00. The van der Waals surface area contributed by atoms with Gasteiger partial charge in [0.05, 0.1) is 5.25 Å². The number of hydrogen-bond donors (Lipinski definition) is 1. The maximum Gasteiger partial charge on any atom is 0.451 e. The average Bonchev–Trinajstić information content (AvgIpc) is 2.99. The van der Waals surface area contributed by atoms with Gasteiger partial charge in [-0.3, -0.25) is 4.79 Å². The molecule has 0 bridgehead atoms. The predicted molar refractivity (Wildman–Crippen MR) is 71.7 cm³/mol. The van der Waals surface area contributed by atoms with E-state index in [4.69, 9.17) is 0 Å². The number of hydrogen-bond acceptors (Lipinski definition) is 4. The van der Waals surface area contributed by atoms with Gasteiger partial charge in [0.1, 0.15) is 0 Å². The zero-order valence-corrected chi connectivity index (χ0v) is 12.6. The first-order valence-electron chi connectivity index (χ1n) is 6.72. The molecule has 1 aromatic rings. The fraction of sp³-hybridized carbons (Fsp3) is 0.750. The molecule has 1 fully saturated rings. The van der Waals surface area contributed by atoms with Gasteiger partial charge in [-0.25, -0.2) is 0 Å². The number of aromatic nitrogens is 3. The molecular formula is C12H17F3N4OS. The molecule has 0 saturated heterocycles. The van der Waals surface area contributed by atoms with E-state index in [1.54, 1.807) is 6.92 Å². The van der Waals surface area contributed by atoms with Crippen molar-refractivity contribution < 1.29 is 18.0 Å². The Bertz CT molecular complexity index is 511. The van der Waals surface area contributed by atoms with Gasteiger partial charge < -0.3 is 9.88 Å². The number of carbonyl (C=O) groups excluding carboxylic acids is 1. The van der Waals surface area contributed by atoms with E-state index in [2.05, 4.69) is 15.5 Å². The molecule has 0 aromatic carbocycles. The van der Waals surface area contributed by atoms with Gasteiger partial charge in [0.15, 0.2) is 5.16 Å². The van der Waals surface area contributed by atoms with E-state index in [0.29, 0.717) is 0 Å². The van der Waals surface area contributed by atoms with Crippen molar-refractivity contribution >= 4 is 17.7 Å². The fourth-order valence-electron chi connectivity index (χ4n) is 2.26. The maximum atomic E-state index is 12.6. The molecular weight excluding hydrogens is 305 g/mol. The summed E-state index contributed by atoms with van der Waals surface area (Å²) in [5.74, 6) is -1.24. The van der Waals surface area contributed by atoms with Crippen molar-refractivity contribution in [2.75, 3.05) is 0 Å². The normalized spacial score (nSPS) is 18.0. The van der Waals surface area contributed by atoms with Crippen molar-refractivity contribution in [3.8, 4) is 0 Å². The van der Waals surface area contributed by atoms with E-state index in [1.807, 2.05) is 0 Å². The highest BCUT2D eigenvalue weighted by Crippen LogP contribution is 2.30. The molecule has 118 valence electrons. The summed E-state index contributed by atoms with van der Waals surface area (Å²) >= 11 is 0.976. The lowest BCUT2D eigenvalue weighted by atomic mass is 10.2. The van der Waals surface area contributed by atoms with E-state index in [-0.39, 0.29) is 17.1 Å². The van der Waals surface area contributed by atoms with Crippen molar-refractivity contribution in [2.45, 2.75) is 55.2 Å². The third-order valence-corrected chi connectivity index (χ3v) is 4.58. The molecule has 1 amide bonds. The smallest absolute Gasteiger partial charge is 0.352 e. The highest BCUT2D eigenvalue weighted by Gasteiger charge is 2.38. The molecule has 0 radical (unpaired) electrons. The SMILES string of the molecule is CC(Sc1nnc(C(F)(F)F)n1C)C(=O)NC1CCCC1. The minimum atomic E-state index is -4.55. The van der Waals surface area contributed by atoms with Gasteiger partial charge in [0.25, 0.3) is 0 Å². The van der Waals surface area contributed by atoms with Crippen LogP contribution in [-0.4, -0.2) is 32.0 Å². The van der Waals surface area contributed by atoms with Crippen LogP contribution in [0.1, 0.15) is 38.4 Å². The Morgan fingerprint density at radius 1 is 1.38 bits per heavy atom. The summed E-state index contributed by atoms with van der Waals surface area (Å²) in [7, 11) is 1.24. The summed E-state index contributed by atoms with van der Waals surface area (Å²) in [6.45, 7) is 1.65. The lowest BCUT2D eigenvalue weighted by Gasteiger charge is -2.16. The molecule has 21 heavy (non-hydrogen) atoms. The van der Waals surface area contributed by atoms with E-state index in [0.717, 1.165) is 42.0 Å². The molecule has 1 unspecified atom stereocenters. The summed E-state index contributed by atoms with van der Waals surface area (Å²) in [4.78, 5) is 12.0. The second kappa shape index (κ2) is 6.25. The fourth-order valence-corrected chi connectivity index (χ4v) is 3.09. The van der Waals surface area contributed by atoms with E-state index >= 15 is 0 Å². The van der Waals surface area contributed by atoms with E-state index < -0.39 is 17.3 Å². The molecule has 1 N–H and O–H groups in total. The molecule has 1 saturated carbocycles. The van der Waals surface area contributed by atoms with E-state index in [1.165, 1.54) is 7.05 Å². The molecule has 9 heteroatoms. The Hall–Kier alpha value is -1.25. The molecule has 1 aliphatic carbocycles.